The van der Waals surface area contributed by atoms with Crippen molar-refractivity contribution < 1.29 is 0 Å². The summed E-state index contributed by atoms with van der Waals surface area (Å²) < 4.78 is 2.44. The third-order valence-corrected chi connectivity index (χ3v) is 3.20. The van der Waals surface area contributed by atoms with Gasteiger partial charge in [0.05, 0.1) is 11.9 Å². The van der Waals surface area contributed by atoms with E-state index < -0.39 is 0 Å². The summed E-state index contributed by atoms with van der Waals surface area (Å²) >= 11 is 5.21. The van der Waals surface area contributed by atoms with E-state index in [1.807, 2.05) is 25.5 Å². The summed E-state index contributed by atoms with van der Waals surface area (Å²) in [6.45, 7) is 0. The monoisotopic (exact) mass is 246 g/mol. The molecule has 0 bridgehead atoms. The molecule has 4 nitrogen and oxygen atoms in total. The Labute approximate surface area is 105 Å². The van der Waals surface area contributed by atoms with Gasteiger partial charge < -0.3 is 4.98 Å². The minimum Gasteiger partial charge on any atom is -0.343 e. The summed E-state index contributed by atoms with van der Waals surface area (Å²) in [4.78, 5) is 7.73. The van der Waals surface area contributed by atoms with Gasteiger partial charge in [0.25, 0.3) is 0 Å². The Morgan fingerprint density at radius 1 is 1.53 bits per heavy atom. The van der Waals surface area contributed by atoms with Crippen LogP contribution in [0.3, 0.4) is 0 Å². The van der Waals surface area contributed by atoms with Crippen molar-refractivity contribution in [1.29, 1.82) is 0 Å². The average Bonchev–Trinajstić information content (AvgIpc) is 2.97. The van der Waals surface area contributed by atoms with Crippen LogP contribution in [0.5, 0.6) is 0 Å². The Hall–Kier alpha value is -1.49. The Morgan fingerprint density at radius 2 is 2.35 bits per heavy atom. The van der Waals surface area contributed by atoms with E-state index in [4.69, 9.17) is 12.2 Å². The predicted molar refractivity (Wildman–Crippen MR) is 68.1 cm³/mol. The molecule has 0 unspecified atom stereocenters. The largest absolute Gasteiger partial charge is 0.343 e. The molecule has 88 valence electrons. The fourth-order valence-corrected chi connectivity index (χ4v) is 2.14. The molecule has 1 N–H and O–H groups in total. The molecule has 1 saturated carbocycles. The summed E-state index contributed by atoms with van der Waals surface area (Å²) in [6.07, 6.45) is 7.46. The van der Waals surface area contributed by atoms with E-state index in [1.165, 1.54) is 12.8 Å². The zero-order chi connectivity index (χ0) is 11.8. The molecule has 0 amide bonds. The highest BCUT2D eigenvalue weighted by atomic mass is 32.1. The Morgan fingerprint density at radius 3 is 3.00 bits per heavy atom. The molecule has 2 aromatic heterocycles. The summed E-state index contributed by atoms with van der Waals surface area (Å²) in [5.41, 5.74) is 2.06. The van der Waals surface area contributed by atoms with Gasteiger partial charge in [-0.15, -0.1) is 0 Å². The van der Waals surface area contributed by atoms with Crippen LogP contribution in [-0.4, -0.2) is 19.7 Å². The number of nitrogens with one attached hydrogen (secondary N) is 1. The van der Waals surface area contributed by atoms with Crippen molar-refractivity contribution in [1.82, 2.24) is 19.7 Å². The number of rotatable bonds is 3. The van der Waals surface area contributed by atoms with E-state index in [-0.39, 0.29) is 0 Å². The number of hydrogen-bond acceptors (Lipinski definition) is 3. The average molecular weight is 246 g/mol. The van der Waals surface area contributed by atoms with Crippen LogP contribution in [0.25, 0.3) is 11.3 Å². The molecule has 1 aliphatic rings. The van der Waals surface area contributed by atoms with Gasteiger partial charge in [-0.2, -0.15) is 5.10 Å². The van der Waals surface area contributed by atoms with Gasteiger partial charge in [0, 0.05) is 25.2 Å². The fourth-order valence-electron chi connectivity index (χ4n) is 1.92. The first-order chi connectivity index (χ1) is 8.20. The van der Waals surface area contributed by atoms with Crippen LogP contribution >= 0.6 is 12.2 Å². The topological polar surface area (TPSA) is 46.5 Å². The minimum atomic E-state index is 0.651. The van der Waals surface area contributed by atoms with Crippen molar-refractivity contribution in [2.75, 3.05) is 0 Å². The summed E-state index contributed by atoms with van der Waals surface area (Å²) in [6, 6.07) is 1.89. The third-order valence-electron chi connectivity index (χ3n) is 2.99. The lowest BCUT2D eigenvalue weighted by molar-refractivity contribution is 0.766. The Bertz CT molecular complexity index is 595. The quantitative estimate of drug-likeness (QED) is 0.846. The van der Waals surface area contributed by atoms with Gasteiger partial charge in [0.1, 0.15) is 10.5 Å². The van der Waals surface area contributed by atoms with E-state index >= 15 is 0 Å². The maximum atomic E-state index is 5.21. The molecule has 1 fully saturated rings. The standard InChI is InChI=1S/C12H14N4S/c1-16-7-9(6-13-16)10-5-12(17)15-11(14-10)4-8-2-3-8/h5-8H,2-4H2,1H3,(H,14,15,17). The highest BCUT2D eigenvalue weighted by Gasteiger charge is 2.22. The molecular formula is C12H14N4S. The number of nitrogens with zero attached hydrogens (tertiary/aromatic N) is 3. The molecule has 2 aromatic rings. The lowest BCUT2D eigenvalue weighted by Crippen LogP contribution is -1.98. The molecule has 2 heterocycles. The highest BCUT2D eigenvalue weighted by molar-refractivity contribution is 7.71. The number of H-pyrrole nitrogens is 1. The maximum Gasteiger partial charge on any atom is 0.130 e. The lowest BCUT2D eigenvalue weighted by atomic mass is 10.2. The van der Waals surface area contributed by atoms with E-state index in [0.717, 1.165) is 29.4 Å². The van der Waals surface area contributed by atoms with Crippen LogP contribution in [0, 0.1) is 10.6 Å². The van der Waals surface area contributed by atoms with E-state index in [9.17, 15) is 0 Å². The SMILES string of the molecule is Cn1cc(-c2cc(=S)nc(CC3CC3)[nH]2)cn1. The zero-order valence-corrected chi connectivity index (χ0v) is 10.5. The van der Waals surface area contributed by atoms with Crippen LogP contribution in [-0.2, 0) is 13.5 Å². The predicted octanol–water partition coefficient (Wildman–Crippen LogP) is 2.49. The van der Waals surface area contributed by atoms with Gasteiger partial charge in [-0.1, -0.05) is 12.2 Å². The van der Waals surface area contributed by atoms with Crippen molar-refractivity contribution in [3.05, 3.63) is 28.9 Å². The van der Waals surface area contributed by atoms with Gasteiger partial charge in [0.2, 0.25) is 0 Å². The van der Waals surface area contributed by atoms with Crippen LogP contribution < -0.4 is 0 Å². The molecule has 0 radical (unpaired) electrons. The van der Waals surface area contributed by atoms with Crippen LogP contribution in [0.15, 0.2) is 18.5 Å². The number of aromatic nitrogens is 4. The van der Waals surface area contributed by atoms with Gasteiger partial charge in [-0.3, -0.25) is 4.68 Å². The summed E-state index contributed by atoms with van der Waals surface area (Å²) in [7, 11) is 1.91. The smallest absolute Gasteiger partial charge is 0.130 e. The van der Waals surface area contributed by atoms with Crippen LogP contribution in [0.1, 0.15) is 18.7 Å². The van der Waals surface area contributed by atoms with Crippen LogP contribution in [0.2, 0.25) is 0 Å². The molecule has 0 aliphatic heterocycles. The molecule has 0 aromatic carbocycles. The van der Waals surface area contributed by atoms with Gasteiger partial charge >= 0.3 is 0 Å². The maximum absolute atomic E-state index is 5.21. The summed E-state index contributed by atoms with van der Waals surface area (Å²) in [5, 5.41) is 4.17. The first-order valence-electron chi connectivity index (χ1n) is 5.80. The van der Waals surface area contributed by atoms with Gasteiger partial charge in [0.15, 0.2) is 0 Å². The highest BCUT2D eigenvalue weighted by Crippen LogP contribution is 2.32. The lowest BCUT2D eigenvalue weighted by Gasteiger charge is -2.03. The molecule has 0 atom stereocenters. The van der Waals surface area contributed by atoms with Crippen molar-refractivity contribution in [2.24, 2.45) is 13.0 Å². The molecule has 0 saturated heterocycles. The van der Waals surface area contributed by atoms with Gasteiger partial charge in [-0.25, -0.2) is 4.98 Å². The Kier molecular flexibility index (Phi) is 2.55. The minimum absolute atomic E-state index is 0.651. The van der Waals surface area contributed by atoms with Crippen molar-refractivity contribution in [3.63, 3.8) is 0 Å². The molecule has 17 heavy (non-hydrogen) atoms. The molecular weight excluding hydrogens is 232 g/mol. The Balaban J connectivity index is 1.98. The first-order valence-corrected chi connectivity index (χ1v) is 6.21. The molecule has 5 heteroatoms. The first kappa shape index (κ1) is 10.7. The van der Waals surface area contributed by atoms with E-state index in [2.05, 4.69) is 15.1 Å². The summed E-state index contributed by atoms with van der Waals surface area (Å²) in [5.74, 6) is 1.80. The normalized spacial score (nSPS) is 15.1. The second kappa shape index (κ2) is 4.07. The second-order valence-electron chi connectivity index (χ2n) is 4.63. The number of aryl methyl sites for hydroxylation is 1. The molecule has 0 spiro atoms. The van der Waals surface area contributed by atoms with Crippen molar-refractivity contribution in [2.45, 2.75) is 19.3 Å². The van der Waals surface area contributed by atoms with E-state index in [1.54, 1.807) is 4.68 Å². The molecule has 1 aliphatic carbocycles. The third kappa shape index (κ3) is 2.44. The fraction of sp³-hybridized carbons (Fsp3) is 0.417. The molecule has 3 rings (SSSR count). The second-order valence-corrected chi connectivity index (χ2v) is 5.05. The van der Waals surface area contributed by atoms with Gasteiger partial charge in [-0.05, 0) is 24.8 Å². The van der Waals surface area contributed by atoms with E-state index in [0.29, 0.717) is 4.64 Å². The number of aromatic amines is 1. The van der Waals surface area contributed by atoms with Crippen molar-refractivity contribution in [3.8, 4) is 11.3 Å². The van der Waals surface area contributed by atoms with Crippen LogP contribution in [0.4, 0.5) is 0 Å². The zero-order valence-electron chi connectivity index (χ0n) is 9.68. The van der Waals surface area contributed by atoms with Crippen molar-refractivity contribution >= 4 is 12.2 Å². The number of hydrogen-bond donors (Lipinski definition) is 1.